The number of rotatable bonds is 5. The van der Waals surface area contributed by atoms with E-state index in [4.69, 9.17) is 5.11 Å². The minimum absolute atomic E-state index is 0.103. The van der Waals surface area contributed by atoms with E-state index in [0.717, 1.165) is 5.56 Å². The molecular weight excluding hydrogens is 352 g/mol. The van der Waals surface area contributed by atoms with Crippen molar-refractivity contribution in [3.63, 3.8) is 0 Å². The zero-order chi connectivity index (χ0) is 19.6. The van der Waals surface area contributed by atoms with Crippen LogP contribution in [-0.4, -0.2) is 38.3 Å². The minimum Gasteiger partial charge on any atom is -0.508 e. The molecule has 138 valence electrons. The van der Waals surface area contributed by atoms with E-state index in [2.05, 4.69) is 5.32 Å². The maximum absolute atomic E-state index is 12.9. The summed E-state index contributed by atoms with van der Waals surface area (Å²) in [5.74, 6) is -3.06. The lowest BCUT2D eigenvalue weighted by molar-refractivity contribution is -0.135. The monoisotopic (exact) mass is 368 g/mol. The third-order valence-corrected chi connectivity index (χ3v) is 4.03. The summed E-state index contributed by atoms with van der Waals surface area (Å²) >= 11 is 0. The van der Waals surface area contributed by atoms with Crippen LogP contribution in [0.2, 0.25) is 0 Å². The van der Waals surface area contributed by atoms with Crippen molar-refractivity contribution in [2.24, 2.45) is 0 Å². The van der Waals surface area contributed by atoms with Crippen molar-refractivity contribution in [2.45, 2.75) is 6.54 Å². The normalized spacial score (nSPS) is 10.7. The Balaban J connectivity index is 2.22. The lowest BCUT2D eigenvalue weighted by Gasteiger charge is -2.15. The molecule has 4 N–H and O–H groups in total. The molecule has 0 atom stereocenters. The second kappa shape index (κ2) is 7.20. The number of aromatic hydroxyl groups is 2. The highest BCUT2D eigenvalue weighted by atomic mass is 16.4. The standard InChI is InChI=1S/C19H16N2O6/c22-12-6-7-14-13(8-12)17(25)16(18(26)20-9-15(23)24)19(27)21(14)10-11-4-2-1-3-5-11/h1-8,22,25H,9-10H2,(H,20,26)(H,23,24). The Bertz CT molecular complexity index is 1090. The smallest absolute Gasteiger partial charge is 0.322 e. The number of hydrogen-bond acceptors (Lipinski definition) is 5. The molecule has 0 aliphatic rings. The van der Waals surface area contributed by atoms with Gasteiger partial charge in [-0.2, -0.15) is 0 Å². The number of carboxylic acids is 1. The summed E-state index contributed by atoms with van der Waals surface area (Å²) in [6, 6.07) is 13.1. The van der Waals surface area contributed by atoms with E-state index < -0.39 is 35.3 Å². The molecule has 8 nitrogen and oxygen atoms in total. The number of aliphatic carboxylic acids is 1. The Hall–Kier alpha value is -3.81. The summed E-state index contributed by atoms with van der Waals surface area (Å²) in [7, 11) is 0. The third kappa shape index (κ3) is 3.59. The zero-order valence-corrected chi connectivity index (χ0v) is 14.0. The van der Waals surface area contributed by atoms with Crippen LogP contribution in [0.1, 0.15) is 15.9 Å². The second-order valence-electron chi connectivity index (χ2n) is 5.88. The van der Waals surface area contributed by atoms with Gasteiger partial charge < -0.3 is 25.2 Å². The first-order chi connectivity index (χ1) is 12.9. The molecule has 0 unspecified atom stereocenters. The van der Waals surface area contributed by atoms with Crippen LogP contribution in [0.15, 0.2) is 53.3 Å². The predicted molar refractivity (Wildman–Crippen MR) is 97.1 cm³/mol. The summed E-state index contributed by atoms with van der Waals surface area (Å²) in [4.78, 5) is 35.9. The molecule has 0 fully saturated rings. The minimum atomic E-state index is -1.29. The highest BCUT2D eigenvalue weighted by molar-refractivity contribution is 6.03. The predicted octanol–water partition coefficient (Wildman–Crippen LogP) is 1.28. The molecule has 2 aromatic carbocycles. The first kappa shape index (κ1) is 18.0. The summed E-state index contributed by atoms with van der Waals surface area (Å²) in [5.41, 5.74) is -0.229. The Kier molecular flexibility index (Phi) is 4.80. The first-order valence-corrected chi connectivity index (χ1v) is 8.01. The molecule has 1 aromatic heterocycles. The van der Waals surface area contributed by atoms with Crippen molar-refractivity contribution in [3.8, 4) is 11.5 Å². The van der Waals surface area contributed by atoms with Gasteiger partial charge in [0, 0.05) is 5.39 Å². The van der Waals surface area contributed by atoms with Gasteiger partial charge in [0.2, 0.25) is 0 Å². The Morgan fingerprint density at radius 3 is 2.41 bits per heavy atom. The van der Waals surface area contributed by atoms with Crippen LogP contribution in [0.4, 0.5) is 0 Å². The van der Waals surface area contributed by atoms with Crippen LogP contribution in [0, 0.1) is 0 Å². The lowest BCUT2D eigenvalue weighted by atomic mass is 10.1. The van der Waals surface area contributed by atoms with Crippen LogP contribution in [-0.2, 0) is 11.3 Å². The number of aromatic nitrogens is 1. The maximum Gasteiger partial charge on any atom is 0.322 e. The van der Waals surface area contributed by atoms with E-state index >= 15 is 0 Å². The van der Waals surface area contributed by atoms with Gasteiger partial charge in [-0.3, -0.25) is 14.4 Å². The average molecular weight is 368 g/mol. The highest BCUT2D eigenvalue weighted by Gasteiger charge is 2.23. The summed E-state index contributed by atoms with van der Waals surface area (Å²) in [6.45, 7) is -0.574. The van der Waals surface area contributed by atoms with E-state index in [9.17, 15) is 24.6 Å². The quantitative estimate of drug-likeness (QED) is 0.537. The van der Waals surface area contributed by atoms with Gasteiger partial charge in [-0.05, 0) is 23.8 Å². The van der Waals surface area contributed by atoms with Gasteiger partial charge >= 0.3 is 5.97 Å². The van der Waals surface area contributed by atoms with Crippen molar-refractivity contribution < 1.29 is 24.9 Å². The number of phenols is 1. The van der Waals surface area contributed by atoms with Gasteiger partial charge in [0.05, 0.1) is 12.1 Å². The number of phenolic OH excluding ortho intramolecular Hbond substituents is 1. The van der Waals surface area contributed by atoms with Gasteiger partial charge in [-0.1, -0.05) is 30.3 Å². The molecule has 0 aliphatic carbocycles. The molecule has 8 heteroatoms. The number of pyridine rings is 1. The molecule has 0 saturated heterocycles. The summed E-state index contributed by atoms with van der Waals surface area (Å²) in [6.07, 6.45) is 0. The molecule has 1 heterocycles. The molecule has 0 saturated carbocycles. The van der Waals surface area contributed by atoms with Gasteiger partial charge in [0.1, 0.15) is 23.6 Å². The van der Waals surface area contributed by atoms with Crippen molar-refractivity contribution in [1.29, 1.82) is 0 Å². The average Bonchev–Trinajstić information content (AvgIpc) is 2.64. The van der Waals surface area contributed by atoms with Crippen molar-refractivity contribution >= 4 is 22.8 Å². The second-order valence-corrected chi connectivity index (χ2v) is 5.88. The first-order valence-electron chi connectivity index (χ1n) is 8.01. The highest BCUT2D eigenvalue weighted by Crippen LogP contribution is 2.29. The molecule has 0 aliphatic heterocycles. The SMILES string of the molecule is O=C(O)CNC(=O)c1c(O)c2cc(O)ccc2n(Cc2ccccc2)c1=O. The van der Waals surface area contributed by atoms with Crippen molar-refractivity contribution in [2.75, 3.05) is 6.54 Å². The zero-order valence-electron chi connectivity index (χ0n) is 14.0. The molecule has 1 amide bonds. The number of nitrogens with one attached hydrogen (secondary N) is 1. The molecular formula is C19H16N2O6. The number of amides is 1. The number of carbonyl (C=O) groups excluding carboxylic acids is 1. The Labute approximate surface area is 152 Å². The van der Waals surface area contributed by atoms with Gasteiger partial charge in [0.25, 0.3) is 11.5 Å². The van der Waals surface area contributed by atoms with Crippen molar-refractivity contribution in [3.05, 3.63) is 70.0 Å². The Morgan fingerprint density at radius 1 is 1.04 bits per heavy atom. The molecule has 0 spiro atoms. The largest absolute Gasteiger partial charge is 0.508 e. The number of hydrogen-bond donors (Lipinski definition) is 4. The topological polar surface area (TPSA) is 129 Å². The maximum atomic E-state index is 12.9. The van der Waals surface area contributed by atoms with Crippen LogP contribution in [0.3, 0.4) is 0 Å². The van der Waals surface area contributed by atoms with E-state index in [1.807, 2.05) is 6.07 Å². The summed E-state index contributed by atoms with van der Waals surface area (Å²) < 4.78 is 1.29. The van der Waals surface area contributed by atoms with Gasteiger partial charge in [-0.15, -0.1) is 0 Å². The van der Waals surface area contributed by atoms with E-state index in [1.165, 1.54) is 22.8 Å². The van der Waals surface area contributed by atoms with E-state index in [0.29, 0.717) is 5.52 Å². The lowest BCUT2D eigenvalue weighted by Crippen LogP contribution is -2.36. The molecule has 0 bridgehead atoms. The van der Waals surface area contributed by atoms with Gasteiger partial charge in [0.15, 0.2) is 0 Å². The number of carbonyl (C=O) groups is 2. The third-order valence-electron chi connectivity index (χ3n) is 4.03. The summed E-state index contributed by atoms with van der Waals surface area (Å²) in [5, 5.41) is 31.1. The molecule has 3 rings (SSSR count). The number of fused-ring (bicyclic) bond motifs is 1. The fourth-order valence-corrected chi connectivity index (χ4v) is 2.80. The van der Waals surface area contributed by atoms with Crippen LogP contribution < -0.4 is 10.9 Å². The van der Waals surface area contributed by atoms with E-state index in [-0.39, 0.29) is 17.7 Å². The van der Waals surface area contributed by atoms with E-state index in [1.54, 1.807) is 24.3 Å². The molecule has 27 heavy (non-hydrogen) atoms. The molecule has 3 aromatic rings. The fourth-order valence-electron chi connectivity index (χ4n) is 2.80. The number of nitrogens with zero attached hydrogens (tertiary/aromatic N) is 1. The number of carboxylic acid groups (broad SMARTS) is 1. The Morgan fingerprint density at radius 2 is 1.74 bits per heavy atom. The van der Waals surface area contributed by atoms with Crippen LogP contribution in [0.5, 0.6) is 11.5 Å². The van der Waals surface area contributed by atoms with Gasteiger partial charge in [-0.25, -0.2) is 0 Å². The van der Waals surface area contributed by atoms with Crippen molar-refractivity contribution in [1.82, 2.24) is 9.88 Å². The van der Waals surface area contributed by atoms with Crippen LogP contribution in [0.25, 0.3) is 10.9 Å². The van der Waals surface area contributed by atoms with Crippen LogP contribution >= 0.6 is 0 Å². The molecule has 0 radical (unpaired) electrons. The fraction of sp³-hybridized carbons (Fsp3) is 0.105. The number of benzene rings is 2.